The number of hydrogen-bond donors (Lipinski definition) is 2. The fourth-order valence-electron chi connectivity index (χ4n) is 0.778. The number of aliphatic hydroxyl groups excluding tert-OH is 2. The maximum Gasteiger partial charge on any atom is 0.109 e. The van der Waals surface area contributed by atoms with Gasteiger partial charge in [-0.1, -0.05) is 12.2 Å². The molecule has 58 valence electrons. The van der Waals surface area contributed by atoms with Crippen molar-refractivity contribution in [3.8, 4) is 0 Å². The molecule has 4 heteroatoms. The second-order valence-corrected chi connectivity index (χ2v) is 2.10. The first kappa shape index (κ1) is 7.68. The molecule has 2 N–H and O–H groups in total. The van der Waals surface area contributed by atoms with Crippen LogP contribution in [0.5, 0.6) is 0 Å². The Morgan fingerprint density at radius 3 is 2.70 bits per heavy atom. The maximum absolute atomic E-state index is 10.5. The number of ether oxygens (including phenoxy) is 1. The van der Waals surface area contributed by atoms with Crippen LogP contribution in [0, 0.1) is 0 Å². The fourth-order valence-corrected chi connectivity index (χ4v) is 0.778. The van der Waals surface area contributed by atoms with Gasteiger partial charge in [0.05, 0.1) is 6.61 Å². The molecule has 0 amide bonds. The van der Waals surface area contributed by atoms with Crippen molar-refractivity contribution in [2.75, 3.05) is 6.61 Å². The van der Waals surface area contributed by atoms with E-state index in [1.807, 2.05) is 0 Å². The number of aliphatic hydroxyl groups is 2. The van der Waals surface area contributed by atoms with E-state index in [2.05, 4.69) is 4.74 Å². The molecule has 0 aromatic heterocycles. The molecule has 0 aromatic carbocycles. The molecule has 1 rings (SSSR count). The summed E-state index contributed by atoms with van der Waals surface area (Å²) in [5, 5.41) is 28.0. The SMILES string of the molecule is [O-]C1C=CC(O)C(CO)O1. The first-order chi connectivity index (χ1) is 4.74. The Morgan fingerprint density at radius 2 is 2.20 bits per heavy atom. The van der Waals surface area contributed by atoms with Crippen LogP contribution in [-0.4, -0.2) is 35.3 Å². The van der Waals surface area contributed by atoms with E-state index < -0.39 is 18.5 Å². The Morgan fingerprint density at radius 1 is 1.50 bits per heavy atom. The molecule has 1 aliphatic rings. The van der Waals surface area contributed by atoms with Crippen molar-refractivity contribution in [2.24, 2.45) is 0 Å². The average Bonchev–Trinajstić information content (AvgIpc) is 1.94. The molecular formula is C6H9O4-. The molecule has 0 spiro atoms. The molecule has 3 atom stereocenters. The van der Waals surface area contributed by atoms with E-state index in [0.717, 1.165) is 0 Å². The molecule has 1 heterocycles. The van der Waals surface area contributed by atoms with Gasteiger partial charge in [-0.25, -0.2) is 0 Å². The number of rotatable bonds is 1. The van der Waals surface area contributed by atoms with Crippen LogP contribution in [0.4, 0.5) is 0 Å². The van der Waals surface area contributed by atoms with E-state index >= 15 is 0 Å². The van der Waals surface area contributed by atoms with Gasteiger partial charge in [-0.3, -0.25) is 0 Å². The zero-order chi connectivity index (χ0) is 7.56. The first-order valence-electron chi connectivity index (χ1n) is 3.02. The van der Waals surface area contributed by atoms with Crippen molar-refractivity contribution >= 4 is 0 Å². The molecule has 10 heavy (non-hydrogen) atoms. The van der Waals surface area contributed by atoms with Gasteiger partial charge in [0, 0.05) is 6.29 Å². The Hall–Kier alpha value is -0.420. The van der Waals surface area contributed by atoms with E-state index in [9.17, 15) is 5.11 Å². The molecule has 0 aliphatic carbocycles. The van der Waals surface area contributed by atoms with Crippen molar-refractivity contribution in [2.45, 2.75) is 18.5 Å². The van der Waals surface area contributed by atoms with Gasteiger partial charge >= 0.3 is 0 Å². The van der Waals surface area contributed by atoms with Crippen LogP contribution in [0.25, 0.3) is 0 Å². The third-order valence-electron chi connectivity index (χ3n) is 1.34. The van der Waals surface area contributed by atoms with Crippen molar-refractivity contribution < 1.29 is 20.1 Å². The van der Waals surface area contributed by atoms with E-state index in [1.165, 1.54) is 12.2 Å². The summed E-state index contributed by atoms with van der Waals surface area (Å²) < 4.78 is 4.61. The van der Waals surface area contributed by atoms with Crippen LogP contribution in [0.3, 0.4) is 0 Å². The zero-order valence-corrected chi connectivity index (χ0v) is 5.30. The summed E-state index contributed by atoms with van der Waals surface area (Å²) in [5.74, 6) is 0. The van der Waals surface area contributed by atoms with Gasteiger partial charge in [0.1, 0.15) is 12.2 Å². The summed E-state index contributed by atoms with van der Waals surface area (Å²) in [6, 6.07) is 0. The lowest BCUT2D eigenvalue weighted by Crippen LogP contribution is -2.42. The van der Waals surface area contributed by atoms with Crippen LogP contribution in [0.15, 0.2) is 12.2 Å². The highest BCUT2D eigenvalue weighted by Crippen LogP contribution is 2.08. The van der Waals surface area contributed by atoms with Gasteiger partial charge in [-0.15, -0.1) is 0 Å². The third kappa shape index (κ3) is 1.54. The third-order valence-corrected chi connectivity index (χ3v) is 1.34. The molecule has 0 aromatic rings. The molecule has 1 aliphatic heterocycles. The van der Waals surface area contributed by atoms with Crippen molar-refractivity contribution in [1.29, 1.82) is 0 Å². The van der Waals surface area contributed by atoms with Gasteiger partial charge < -0.3 is 20.1 Å². The monoisotopic (exact) mass is 145 g/mol. The Balaban J connectivity index is 2.53. The smallest absolute Gasteiger partial charge is 0.109 e. The molecular weight excluding hydrogens is 136 g/mol. The minimum Gasteiger partial charge on any atom is -0.828 e. The van der Waals surface area contributed by atoms with E-state index in [0.29, 0.717) is 0 Å². The van der Waals surface area contributed by atoms with Gasteiger partial charge in [0.2, 0.25) is 0 Å². The standard InChI is InChI=1S/C6H9O4/c7-3-5-4(8)1-2-6(9)10-5/h1-2,4-8H,3H2/q-1. The quantitative estimate of drug-likeness (QED) is 0.418. The predicted molar refractivity (Wildman–Crippen MR) is 30.9 cm³/mol. The first-order valence-corrected chi connectivity index (χ1v) is 3.02. The summed E-state index contributed by atoms with van der Waals surface area (Å²) in [5.41, 5.74) is 0. The second-order valence-electron chi connectivity index (χ2n) is 2.10. The highest BCUT2D eigenvalue weighted by Gasteiger charge is 2.19. The lowest BCUT2D eigenvalue weighted by Gasteiger charge is -2.31. The van der Waals surface area contributed by atoms with Crippen LogP contribution < -0.4 is 5.11 Å². The van der Waals surface area contributed by atoms with Gasteiger partial charge in [-0.2, -0.15) is 0 Å². The average molecular weight is 145 g/mol. The summed E-state index contributed by atoms with van der Waals surface area (Å²) in [6.45, 7) is -0.329. The maximum atomic E-state index is 10.5. The molecule has 0 saturated heterocycles. The van der Waals surface area contributed by atoms with E-state index in [4.69, 9.17) is 10.2 Å². The normalized spacial score (nSPS) is 40.1. The molecule has 0 fully saturated rings. The highest BCUT2D eigenvalue weighted by molar-refractivity contribution is 4.98. The van der Waals surface area contributed by atoms with Crippen molar-refractivity contribution in [1.82, 2.24) is 0 Å². The summed E-state index contributed by atoms with van der Waals surface area (Å²) in [6.07, 6.45) is -0.304. The lowest BCUT2D eigenvalue weighted by atomic mass is 10.1. The molecule has 3 unspecified atom stereocenters. The molecule has 0 saturated carbocycles. The predicted octanol–water partition coefficient (Wildman–Crippen LogP) is -2.02. The summed E-state index contributed by atoms with van der Waals surface area (Å²) in [4.78, 5) is 0. The van der Waals surface area contributed by atoms with Gasteiger partial charge in [0.25, 0.3) is 0 Å². The minimum atomic E-state index is -1.25. The fraction of sp³-hybridized carbons (Fsp3) is 0.667. The van der Waals surface area contributed by atoms with Crippen molar-refractivity contribution in [3.63, 3.8) is 0 Å². The van der Waals surface area contributed by atoms with Crippen molar-refractivity contribution in [3.05, 3.63) is 12.2 Å². The summed E-state index contributed by atoms with van der Waals surface area (Å²) in [7, 11) is 0. The lowest BCUT2D eigenvalue weighted by molar-refractivity contribution is -0.483. The summed E-state index contributed by atoms with van der Waals surface area (Å²) >= 11 is 0. The topological polar surface area (TPSA) is 72.8 Å². The Bertz CT molecular complexity index is 134. The van der Waals surface area contributed by atoms with Gasteiger partial charge in [-0.05, 0) is 0 Å². The Labute approximate surface area is 58.4 Å². The van der Waals surface area contributed by atoms with Crippen LogP contribution >= 0.6 is 0 Å². The van der Waals surface area contributed by atoms with Gasteiger partial charge in [0.15, 0.2) is 0 Å². The van der Waals surface area contributed by atoms with E-state index in [1.54, 1.807) is 0 Å². The number of hydrogen-bond acceptors (Lipinski definition) is 4. The van der Waals surface area contributed by atoms with Crippen LogP contribution in [0.1, 0.15) is 0 Å². The zero-order valence-electron chi connectivity index (χ0n) is 5.30. The van der Waals surface area contributed by atoms with Crippen LogP contribution in [0.2, 0.25) is 0 Å². The Kier molecular flexibility index (Phi) is 2.39. The second kappa shape index (κ2) is 3.12. The van der Waals surface area contributed by atoms with E-state index in [-0.39, 0.29) is 6.61 Å². The highest BCUT2D eigenvalue weighted by atomic mass is 16.6. The molecule has 0 radical (unpaired) electrons. The minimum absolute atomic E-state index is 0.329. The molecule has 4 nitrogen and oxygen atoms in total. The largest absolute Gasteiger partial charge is 0.828 e. The molecule has 0 bridgehead atoms. The van der Waals surface area contributed by atoms with Crippen LogP contribution in [-0.2, 0) is 4.74 Å².